The number of nitrogens with zero attached hydrogens (tertiary/aromatic N) is 2. The average molecular weight is 616 g/mol. The van der Waals surface area contributed by atoms with Crippen molar-refractivity contribution in [3.8, 4) is 11.5 Å². The van der Waals surface area contributed by atoms with E-state index in [0.29, 0.717) is 5.75 Å². The zero-order valence-corrected chi connectivity index (χ0v) is 24.2. The van der Waals surface area contributed by atoms with Crippen molar-refractivity contribution in [3.05, 3.63) is 89.3 Å². The van der Waals surface area contributed by atoms with Crippen LogP contribution in [-0.2, 0) is 21.2 Å². The van der Waals surface area contributed by atoms with Gasteiger partial charge in [-0.05, 0) is 78.5 Å². The number of amides is 1. The molecule has 0 saturated carbocycles. The van der Waals surface area contributed by atoms with Gasteiger partial charge in [0, 0.05) is 13.1 Å². The topological polar surface area (TPSA) is 181 Å². The zero-order valence-electron chi connectivity index (χ0n) is 23.4. The first-order chi connectivity index (χ1) is 20.6. The van der Waals surface area contributed by atoms with Crippen molar-refractivity contribution in [2.24, 2.45) is 5.18 Å². The Balaban J connectivity index is 1.67. The summed E-state index contributed by atoms with van der Waals surface area (Å²) >= 11 is 0. The minimum Gasteiger partial charge on any atom is -0.497 e. The number of ether oxygens (including phenoxy) is 3. The van der Waals surface area contributed by atoms with Crippen LogP contribution in [0.5, 0.6) is 11.5 Å². The third-order valence-corrected chi connectivity index (χ3v) is 8.20. The highest BCUT2D eigenvalue weighted by Crippen LogP contribution is 2.22. The number of hydrogen-bond donors (Lipinski definition) is 3. The number of carbonyl (C=O) groups is 2. The van der Waals surface area contributed by atoms with Crippen molar-refractivity contribution < 1.29 is 42.4 Å². The van der Waals surface area contributed by atoms with E-state index in [1.54, 1.807) is 30.3 Å². The van der Waals surface area contributed by atoms with Gasteiger partial charge in [-0.2, -0.15) is 4.31 Å². The number of aliphatic hydroxyl groups is 1. The summed E-state index contributed by atoms with van der Waals surface area (Å²) in [4.78, 5) is 33.9. The Bertz CT molecular complexity index is 1440. The molecule has 0 unspecified atom stereocenters. The SMILES string of the molecule is COc1ccc(S(=O)(=O)N(CCCCOC(=O)Oc2ccc(N=O)cc2)C[C@@H](O)[C@H](Cc2ccccc2)NC(=O)O)cc1. The fraction of sp³-hybridized carbons (Fsp3) is 0.310. The van der Waals surface area contributed by atoms with E-state index in [4.69, 9.17) is 14.2 Å². The molecule has 43 heavy (non-hydrogen) atoms. The Morgan fingerprint density at radius 2 is 1.60 bits per heavy atom. The van der Waals surface area contributed by atoms with Gasteiger partial charge in [-0.25, -0.2) is 18.0 Å². The molecular formula is C29H33N3O10S. The number of carboxylic acid groups (broad SMARTS) is 1. The highest BCUT2D eigenvalue weighted by atomic mass is 32.2. The summed E-state index contributed by atoms with van der Waals surface area (Å²) in [6.45, 7) is -0.543. The first-order valence-electron chi connectivity index (χ1n) is 13.3. The van der Waals surface area contributed by atoms with Crippen molar-refractivity contribution in [1.82, 2.24) is 9.62 Å². The molecule has 230 valence electrons. The molecule has 0 bridgehead atoms. The number of sulfonamides is 1. The molecule has 3 aromatic rings. The maximum Gasteiger partial charge on any atom is 0.513 e. The van der Waals surface area contributed by atoms with Crippen LogP contribution < -0.4 is 14.8 Å². The van der Waals surface area contributed by atoms with Crippen LogP contribution in [0.1, 0.15) is 18.4 Å². The third kappa shape index (κ3) is 10.4. The van der Waals surface area contributed by atoms with Gasteiger partial charge < -0.3 is 29.7 Å². The number of rotatable bonds is 16. The fourth-order valence-electron chi connectivity index (χ4n) is 4.10. The lowest BCUT2D eigenvalue weighted by atomic mass is 10.0. The zero-order chi connectivity index (χ0) is 31.2. The number of nitroso groups, excluding NO2 is 1. The van der Waals surface area contributed by atoms with Gasteiger partial charge in [0.2, 0.25) is 10.0 Å². The Kier molecular flexibility index (Phi) is 12.4. The van der Waals surface area contributed by atoms with Crippen LogP contribution in [-0.4, -0.2) is 74.1 Å². The Morgan fingerprint density at radius 1 is 0.953 bits per heavy atom. The summed E-state index contributed by atoms with van der Waals surface area (Å²) in [6, 6.07) is 19.2. The molecule has 0 aromatic heterocycles. The number of aliphatic hydroxyl groups excluding tert-OH is 1. The predicted molar refractivity (Wildman–Crippen MR) is 156 cm³/mol. The number of nitrogens with one attached hydrogen (secondary N) is 1. The van der Waals surface area contributed by atoms with Crippen molar-refractivity contribution in [1.29, 1.82) is 0 Å². The van der Waals surface area contributed by atoms with Crippen molar-refractivity contribution >= 4 is 28.0 Å². The van der Waals surface area contributed by atoms with Gasteiger partial charge in [0.15, 0.2) is 0 Å². The first-order valence-corrected chi connectivity index (χ1v) is 14.7. The van der Waals surface area contributed by atoms with Crippen LogP contribution in [0.2, 0.25) is 0 Å². The highest BCUT2D eigenvalue weighted by molar-refractivity contribution is 7.89. The van der Waals surface area contributed by atoms with Gasteiger partial charge in [0.25, 0.3) is 0 Å². The maximum atomic E-state index is 13.6. The monoisotopic (exact) mass is 615 g/mol. The molecule has 1 amide bonds. The predicted octanol–water partition coefficient (Wildman–Crippen LogP) is 4.32. The van der Waals surface area contributed by atoms with E-state index < -0.39 is 41.0 Å². The second-order valence-corrected chi connectivity index (χ2v) is 11.3. The van der Waals surface area contributed by atoms with Gasteiger partial charge in [-0.1, -0.05) is 30.3 Å². The molecule has 3 aromatic carbocycles. The Labute approximate surface area is 249 Å². The molecule has 0 aliphatic heterocycles. The lowest BCUT2D eigenvalue weighted by Gasteiger charge is -2.29. The number of unbranched alkanes of at least 4 members (excludes halogenated alkanes) is 1. The number of carbonyl (C=O) groups excluding carboxylic acids is 1. The summed E-state index contributed by atoms with van der Waals surface area (Å²) in [6.07, 6.45) is -3.09. The molecular weight excluding hydrogens is 582 g/mol. The fourth-order valence-corrected chi connectivity index (χ4v) is 5.60. The second-order valence-electron chi connectivity index (χ2n) is 9.34. The lowest BCUT2D eigenvalue weighted by Crippen LogP contribution is -2.50. The van der Waals surface area contributed by atoms with Gasteiger partial charge in [0.1, 0.15) is 17.2 Å². The molecule has 0 fully saturated rings. The Morgan fingerprint density at radius 3 is 2.21 bits per heavy atom. The van der Waals surface area contributed by atoms with Crippen LogP contribution in [0.3, 0.4) is 0 Å². The van der Waals surface area contributed by atoms with E-state index in [1.807, 2.05) is 0 Å². The van der Waals surface area contributed by atoms with Gasteiger partial charge in [0.05, 0.1) is 30.8 Å². The van der Waals surface area contributed by atoms with Crippen LogP contribution in [0.4, 0.5) is 15.3 Å². The van der Waals surface area contributed by atoms with Gasteiger partial charge >= 0.3 is 12.2 Å². The minimum atomic E-state index is -4.13. The third-order valence-electron chi connectivity index (χ3n) is 6.32. The van der Waals surface area contributed by atoms with E-state index >= 15 is 0 Å². The first kappa shape index (κ1) is 33.0. The molecule has 0 heterocycles. The number of methoxy groups -OCH3 is 1. The minimum absolute atomic E-state index is 0.0399. The molecule has 0 radical (unpaired) electrons. The van der Waals surface area contributed by atoms with Gasteiger partial charge in [-0.3, -0.25) is 0 Å². The molecule has 13 nitrogen and oxygen atoms in total. The molecule has 0 aliphatic rings. The molecule has 0 saturated heterocycles. The van der Waals surface area contributed by atoms with E-state index in [2.05, 4.69) is 10.5 Å². The smallest absolute Gasteiger partial charge is 0.497 e. The number of benzene rings is 3. The summed E-state index contributed by atoms with van der Waals surface area (Å²) in [5.41, 5.74) is 0.926. The van der Waals surface area contributed by atoms with Crippen molar-refractivity contribution in [3.63, 3.8) is 0 Å². The average Bonchev–Trinajstić information content (AvgIpc) is 3.00. The van der Waals surface area contributed by atoms with Crippen LogP contribution >= 0.6 is 0 Å². The Hall–Kier alpha value is -4.53. The highest BCUT2D eigenvalue weighted by Gasteiger charge is 2.30. The largest absolute Gasteiger partial charge is 0.513 e. The van der Waals surface area contributed by atoms with Crippen molar-refractivity contribution in [2.75, 3.05) is 26.8 Å². The molecule has 14 heteroatoms. The maximum absolute atomic E-state index is 13.6. The van der Waals surface area contributed by atoms with E-state index in [0.717, 1.165) is 9.87 Å². The summed E-state index contributed by atoms with van der Waals surface area (Å²) in [5.74, 6) is 0.614. The standard InChI is InChI=1S/C29H33N3O10S/c1-40-23-13-15-25(16-14-23)43(38,39)32(20-27(33)26(30-28(34)35)19-21-7-3-2-4-8-21)17-5-6-18-41-29(36)42-24-11-9-22(31-37)10-12-24/h2-4,7-16,26-27,30,33H,5-6,17-20H2,1H3,(H,34,35)/t26-,27+/m0/s1. The molecule has 0 aliphatic carbocycles. The van der Waals surface area contributed by atoms with E-state index in [1.165, 1.54) is 55.6 Å². The van der Waals surface area contributed by atoms with Gasteiger partial charge in [-0.15, -0.1) is 4.91 Å². The molecule has 2 atom stereocenters. The number of hydrogen-bond acceptors (Lipinski definition) is 10. The second kappa shape index (κ2) is 16.2. The lowest BCUT2D eigenvalue weighted by molar-refractivity contribution is 0.0927. The van der Waals surface area contributed by atoms with Crippen LogP contribution in [0, 0.1) is 4.91 Å². The summed E-state index contributed by atoms with van der Waals surface area (Å²) in [7, 11) is -2.67. The van der Waals surface area contributed by atoms with Crippen LogP contribution in [0.15, 0.2) is 88.9 Å². The van der Waals surface area contributed by atoms with Crippen molar-refractivity contribution in [2.45, 2.75) is 36.3 Å². The summed E-state index contributed by atoms with van der Waals surface area (Å²) < 4.78 is 43.5. The quantitative estimate of drug-likeness (QED) is 0.0908. The molecule has 3 N–H and O–H groups in total. The van der Waals surface area contributed by atoms with Crippen LogP contribution in [0.25, 0.3) is 0 Å². The molecule has 3 rings (SSSR count). The normalized spacial score (nSPS) is 12.6. The van der Waals surface area contributed by atoms with E-state index in [-0.39, 0.29) is 48.7 Å². The molecule has 0 spiro atoms. The summed E-state index contributed by atoms with van der Waals surface area (Å²) in [5, 5.41) is 25.5. The van der Waals surface area contributed by atoms with E-state index in [9.17, 15) is 33.1 Å².